The van der Waals surface area contributed by atoms with E-state index in [0.717, 1.165) is 28.2 Å². The Kier molecular flexibility index (Phi) is 3.68. The number of aryl methyl sites for hydroxylation is 2. The van der Waals surface area contributed by atoms with Gasteiger partial charge in [0.1, 0.15) is 11.6 Å². The first-order chi connectivity index (χ1) is 12.1. The van der Waals surface area contributed by atoms with E-state index in [0.29, 0.717) is 5.82 Å². The summed E-state index contributed by atoms with van der Waals surface area (Å²) in [5, 5.41) is 15.9. The molecule has 0 aliphatic rings. The lowest BCUT2D eigenvalue weighted by Crippen LogP contribution is -2.10. The number of hydrogen-bond donors (Lipinski definition) is 2. The minimum Gasteiger partial charge on any atom is -0.361 e. The number of benzene rings is 1. The topological polar surface area (TPSA) is 84.3 Å². The molecule has 7 nitrogen and oxygen atoms in total. The predicted molar refractivity (Wildman–Crippen MR) is 96.8 cm³/mol. The zero-order valence-corrected chi connectivity index (χ0v) is 14.4. The van der Waals surface area contributed by atoms with Gasteiger partial charge in [-0.3, -0.25) is 5.10 Å². The van der Waals surface area contributed by atoms with E-state index in [1.54, 1.807) is 6.20 Å². The van der Waals surface area contributed by atoms with E-state index in [9.17, 15) is 0 Å². The van der Waals surface area contributed by atoms with Gasteiger partial charge in [0.2, 0.25) is 0 Å². The number of hydrogen-bond acceptors (Lipinski definition) is 5. The summed E-state index contributed by atoms with van der Waals surface area (Å²) in [6.07, 6.45) is 3.71. The van der Waals surface area contributed by atoms with E-state index in [-0.39, 0.29) is 6.04 Å². The Morgan fingerprint density at radius 1 is 1.12 bits per heavy atom. The molecule has 0 spiro atoms. The average Bonchev–Trinajstić information content (AvgIpc) is 3.24. The van der Waals surface area contributed by atoms with E-state index in [1.165, 1.54) is 5.56 Å². The summed E-state index contributed by atoms with van der Waals surface area (Å²) >= 11 is 0. The number of rotatable bonds is 4. The number of para-hydroxylation sites is 1. The minimum absolute atomic E-state index is 0.00216. The zero-order valence-electron chi connectivity index (χ0n) is 14.4. The molecule has 0 aliphatic heterocycles. The fourth-order valence-electron chi connectivity index (χ4n) is 2.86. The van der Waals surface area contributed by atoms with Crippen molar-refractivity contribution >= 4 is 16.9 Å². The van der Waals surface area contributed by atoms with Gasteiger partial charge >= 0.3 is 0 Å². The molecule has 0 aliphatic carbocycles. The van der Waals surface area contributed by atoms with Crippen LogP contribution in [0.1, 0.15) is 30.0 Å². The van der Waals surface area contributed by atoms with Crippen molar-refractivity contribution in [2.45, 2.75) is 26.8 Å². The molecule has 0 fully saturated rings. The van der Waals surface area contributed by atoms with Gasteiger partial charge in [0.05, 0.1) is 29.0 Å². The second-order valence-corrected chi connectivity index (χ2v) is 6.09. The Hall–Kier alpha value is -3.22. The molecule has 3 heterocycles. The standard InChI is InChI=1S/C18H19N7/c1-11-6-4-5-7-16(11)25-9-8-15(24-25)12(2)20-17-14-10-19-23-18(14)22-13(3)21-17/h4-10,12H,1-3H3,(H2,19,20,21,22,23). The highest BCUT2D eigenvalue weighted by atomic mass is 15.3. The zero-order chi connectivity index (χ0) is 17.4. The van der Waals surface area contributed by atoms with E-state index < -0.39 is 0 Å². The van der Waals surface area contributed by atoms with Gasteiger partial charge in [0, 0.05) is 6.20 Å². The Bertz CT molecular complexity index is 1030. The van der Waals surface area contributed by atoms with Crippen LogP contribution < -0.4 is 5.32 Å². The average molecular weight is 333 g/mol. The molecule has 3 aromatic heterocycles. The number of nitrogens with one attached hydrogen (secondary N) is 2. The summed E-state index contributed by atoms with van der Waals surface area (Å²) in [7, 11) is 0. The first kappa shape index (κ1) is 15.3. The number of anilines is 1. The Morgan fingerprint density at radius 2 is 1.96 bits per heavy atom. The van der Waals surface area contributed by atoms with Crippen LogP contribution in [0.15, 0.2) is 42.7 Å². The maximum Gasteiger partial charge on any atom is 0.161 e. The highest BCUT2D eigenvalue weighted by Crippen LogP contribution is 2.23. The summed E-state index contributed by atoms with van der Waals surface area (Å²) in [6.45, 7) is 6.01. The molecule has 0 amide bonds. The van der Waals surface area contributed by atoms with Crippen LogP contribution in [0.5, 0.6) is 0 Å². The minimum atomic E-state index is -0.00216. The second-order valence-electron chi connectivity index (χ2n) is 6.09. The van der Waals surface area contributed by atoms with Crippen molar-refractivity contribution in [2.24, 2.45) is 0 Å². The Morgan fingerprint density at radius 3 is 2.80 bits per heavy atom. The molecule has 0 saturated carbocycles. The summed E-state index contributed by atoms with van der Waals surface area (Å²) in [5.74, 6) is 1.45. The third-order valence-corrected chi connectivity index (χ3v) is 4.19. The highest BCUT2D eigenvalue weighted by molar-refractivity contribution is 5.85. The smallest absolute Gasteiger partial charge is 0.161 e. The van der Waals surface area contributed by atoms with Crippen molar-refractivity contribution in [2.75, 3.05) is 5.32 Å². The molecule has 4 rings (SSSR count). The molecule has 4 aromatic rings. The molecule has 2 N–H and O–H groups in total. The van der Waals surface area contributed by atoms with Crippen LogP contribution in [0.25, 0.3) is 16.7 Å². The van der Waals surface area contributed by atoms with Crippen LogP contribution in [0, 0.1) is 13.8 Å². The summed E-state index contributed by atoms with van der Waals surface area (Å²) < 4.78 is 1.90. The van der Waals surface area contributed by atoms with Crippen LogP contribution in [0.2, 0.25) is 0 Å². The van der Waals surface area contributed by atoms with Crippen molar-refractivity contribution in [1.82, 2.24) is 29.9 Å². The molecular weight excluding hydrogens is 314 g/mol. The van der Waals surface area contributed by atoms with Crippen LogP contribution in [0.4, 0.5) is 5.82 Å². The summed E-state index contributed by atoms with van der Waals surface area (Å²) in [6, 6.07) is 10.2. The van der Waals surface area contributed by atoms with Gasteiger partial charge < -0.3 is 5.32 Å². The van der Waals surface area contributed by atoms with Gasteiger partial charge in [-0.1, -0.05) is 18.2 Å². The quantitative estimate of drug-likeness (QED) is 0.598. The molecule has 25 heavy (non-hydrogen) atoms. The van der Waals surface area contributed by atoms with Crippen molar-refractivity contribution in [1.29, 1.82) is 0 Å². The van der Waals surface area contributed by atoms with E-state index >= 15 is 0 Å². The third-order valence-electron chi connectivity index (χ3n) is 4.19. The maximum absolute atomic E-state index is 4.71. The van der Waals surface area contributed by atoms with Crippen molar-refractivity contribution in [3.05, 3.63) is 59.8 Å². The monoisotopic (exact) mass is 333 g/mol. The molecule has 0 bridgehead atoms. The fraction of sp³-hybridized carbons (Fsp3) is 0.222. The summed E-state index contributed by atoms with van der Waals surface area (Å²) in [5.41, 5.74) is 3.93. The number of fused-ring (bicyclic) bond motifs is 1. The molecule has 1 atom stereocenters. The van der Waals surface area contributed by atoms with Gasteiger partial charge in [-0.25, -0.2) is 14.6 Å². The lowest BCUT2D eigenvalue weighted by atomic mass is 10.2. The van der Waals surface area contributed by atoms with Crippen LogP contribution in [-0.2, 0) is 0 Å². The van der Waals surface area contributed by atoms with Gasteiger partial charge in [-0.15, -0.1) is 0 Å². The van der Waals surface area contributed by atoms with Crippen molar-refractivity contribution in [3.63, 3.8) is 0 Å². The van der Waals surface area contributed by atoms with E-state index in [2.05, 4.69) is 51.5 Å². The molecule has 0 radical (unpaired) electrons. The van der Waals surface area contributed by atoms with Crippen LogP contribution in [0.3, 0.4) is 0 Å². The van der Waals surface area contributed by atoms with Crippen LogP contribution >= 0.6 is 0 Å². The third kappa shape index (κ3) is 2.84. The van der Waals surface area contributed by atoms with Crippen LogP contribution in [-0.4, -0.2) is 29.9 Å². The van der Waals surface area contributed by atoms with E-state index in [4.69, 9.17) is 5.10 Å². The molecule has 126 valence electrons. The van der Waals surface area contributed by atoms with Gasteiger partial charge in [0.15, 0.2) is 5.65 Å². The number of nitrogens with zero attached hydrogens (tertiary/aromatic N) is 5. The lowest BCUT2D eigenvalue weighted by molar-refractivity contribution is 0.772. The molecule has 0 saturated heterocycles. The Balaban J connectivity index is 1.62. The van der Waals surface area contributed by atoms with Gasteiger partial charge in [0.25, 0.3) is 0 Å². The molecule has 1 aromatic carbocycles. The summed E-state index contributed by atoms with van der Waals surface area (Å²) in [4.78, 5) is 8.84. The van der Waals surface area contributed by atoms with Gasteiger partial charge in [-0.05, 0) is 38.5 Å². The van der Waals surface area contributed by atoms with Crippen molar-refractivity contribution in [3.8, 4) is 5.69 Å². The Labute approximate surface area is 145 Å². The number of H-pyrrole nitrogens is 1. The highest BCUT2D eigenvalue weighted by Gasteiger charge is 2.14. The predicted octanol–water partition coefficient (Wildman–Crippen LogP) is 3.33. The normalized spacial score (nSPS) is 12.4. The molecular formula is C18H19N7. The van der Waals surface area contributed by atoms with Crippen molar-refractivity contribution < 1.29 is 0 Å². The fourth-order valence-corrected chi connectivity index (χ4v) is 2.86. The SMILES string of the molecule is Cc1nc(NC(C)c2ccn(-c3ccccc3C)n2)c2cn[nH]c2n1. The lowest BCUT2D eigenvalue weighted by Gasteiger charge is -2.13. The maximum atomic E-state index is 4.71. The molecule has 1 unspecified atom stereocenters. The van der Waals surface area contributed by atoms with Gasteiger partial charge in [-0.2, -0.15) is 10.2 Å². The largest absolute Gasteiger partial charge is 0.361 e. The number of aromatic nitrogens is 6. The molecule has 7 heteroatoms. The number of aromatic amines is 1. The first-order valence-corrected chi connectivity index (χ1v) is 8.17. The first-order valence-electron chi connectivity index (χ1n) is 8.17. The second kappa shape index (κ2) is 6.01. The van der Waals surface area contributed by atoms with E-state index in [1.807, 2.05) is 36.0 Å².